The molecule has 212 valence electrons. The summed E-state index contributed by atoms with van der Waals surface area (Å²) in [6.07, 6.45) is 1.78. The zero-order chi connectivity index (χ0) is 27.7. The number of hydrogen-bond donors (Lipinski definition) is 6. The molecular weight excluding hydrogens is 530 g/mol. The molecule has 0 spiro atoms. The minimum absolute atomic E-state index is 0. The number of aromatic hydroxyl groups is 1. The molecule has 0 aromatic heterocycles. The maximum atomic E-state index is 13.8. The predicted octanol–water partition coefficient (Wildman–Crippen LogP) is 0.892. The van der Waals surface area contributed by atoms with Crippen molar-refractivity contribution in [1.82, 2.24) is 15.1 Å². The Bertz CT molecular complexity index is 1300. The zero-order valence-corrected chi connectivity index (χ0v) is 22.8. The molecule has 39 heavy (non-hydrogen) atoms. The lowest BCUT2D eigenvalue weighted by atomic mass is 9.55. The van der Waals surface area contributed by atoms with Crippen LogP contribution in [0.4, 0.5) is 0 Å². The number of nitrogens with zero attached hydrogens (tertiary/aromatic N) is 2. The second-order valence-electron chi connectivity index (χ2n) is 11.1. The lowest BCUT2D eigenvalue weighted by Crippen LogP contribution is -2.65. The minimum atomic E-state index is -2.72. The van der Waals surface area contributed by atoms with Crippen LogP contribution in [0.3, 0.4) is 0 Å². The van der Waals surface area contributed by atoms with Crippen molar-refractivity contribution in [2.45, 2.75) is 43.4 Å². The van der Waals surface area contributed by atoms with E-state index >= 15 is 0 Å². The first-order valence-corrected chi connectivity index (χ1v) is 12.7. The average Bonchev–Trinajstić information content (AvgIpc) is 3.37. The Balaban J connectivity index is 0.00000353. The van der Waals surface area contributed by atoms with E-state index in [0.717, 1.165) is 25.9 Å². The highest BCUT2D eigenvalue weighted by Crippen LogP contribution is 2.56. The van der Waals surface area contributed by atoms with Gasteiger partial charge < -0.3 is 30.8 Å². The maximum absolute atomic E-state index is 13.8. The smallest absolute Gasteiger partial charge is 0.259 e. The van der Waals surface area contributed by atoms with Gasteiger partial charge >= 0.3 is 0 Å². The second-order valence-corrected chi connectivity index (χ2v) is 11.1. The number of carbonyl (C=O) groups is 3. The van der Waals surface area contributed by atoms with Gasteiger partial charge in [-0.15, -0.1) is 12.4 Å². The summed E-state index contributed by atoms with van der Waals surface area (Å²) in [6.45, 7) is 3.12. The SMILES string of the molecule is CN(C)[C@@H]1C(O)=C(C(=O)NCN2CCCC2)C(=O)[C@@]2(O)C(O)=C3C(=O)c4c(O)cccc4[C@@](C)(O)[C@H]3C[C@H]12.Cl. The van der Waals surface area contributed by atoms with Crippen LogP contribution in [0.15, 0.2) is 40.9 Å². The maximum Gasteiger partial charge on any atom is 0.259 e. The highest BCUT2D eigenvalue weighted by Gasteiger charge is 2.65. The average molecular weight is 564 g/mol. The Morgan fingerprint density at radius 1 is 1.13 bits per heavy atom. The third-order valence-electron chi connectivity index (χ3n) is 8.66. The van der Waals surface area contributed by atoms with Gasteiger partial charge in [-0.05, 0) is 65.0 Å². The molecule has 1 fully saturated rings. The van der Waals surface area contributed by atoms with E-state index in [-0.39, 0.29) is 36.6 Å². The standard InChI is InChI=1S/C27H33N3O8.ClH/c1-26(37)13-7-6-8-16(31)17(13)21(32)18-14(26)11-15-20(29(2)3)22(33)19(24(35)27(15,38)23(18)34)25(36)28-12-30-9-4-5-10-30;/h6-8,14-15,20,31,33-34,37-38H,4-5,9-12H2,1-3H3,(H,28,36);1H/t14-,15+,20-,26+,27-;/m0./s1. The molecule has 0 unspecified atom stereocenters. The fourth-order valence-electron chi connectivity index (χ4n) is 6.70. The number of hydrogen-bond acceptors (Lipinski definition) is 10. The van der Waals surface area contributed by atoms with Crippen molar-refractivity contribution in [3.05, 3.63) is 52.0 Å². The van der Waals surface area contributed by atoms with Crippen molar-refractivity contribution in [2.24, 2.45) is 11.8 Å². The number of likely N-dealkylation sites (N-methyl/N-ethyl adjacent to an activating group) is 1. The summed E-state index contributed by atoms with van der Waals surface area (Å²) in [7, 11) is 3.18. The van der Waals surface area contributed by atoms with Crippen LogP contribution in [-0.4, -0.2) is 98.3 Å². The summed E-state index contributed by atoms with van der Waals surface area (Å²) in [4.78, 5) is 44.0. The molecule has 4 aliphatic rings. The molecule has 0 saturated carbocycles. The van der Waals surface area contributed by atoms with Crippen LogP contribution in [0, 0.1) is 11.8 Å². The van der Waals surface area contributed by atoms with E-state index in [0.29, 0.717) is 0 Å². The second kappa shape index (κ2) is 9.90. The Kier molecular flexibility index (Phi) is 7.37. The number of phenols is 1. The number of ketones is 2. The first kappa shape index (κ1) is 29.0. The van der Waals surface area contributed by atoms with Gasteiger partial charge in [-0.1, -0.05) is 12.1 Å². The van der Waals surface area contributed by atoms with E-state index in [4.69, 9.17) is 0 Å². The number of benzene rings is 1. The van der Waals surface area contributed by atoms with Crippen LogP contribution in [0.25, 0.3) is 0 Å². The van der Waals surface area contributed by atoms with E-state index in [1.165, 1.54) is 30.0 Å². The van der Waals surface area contributed by atoms with E-state index in [1.807, 2.05) is 4.90 Å². The predicted molar refractivity (Wildman–Crippen MR) is 141 cm³/mol. The summed E-state index contributed by atoms with van der Waals surface area (Å²) in [6, 6.07) is 3.16. The number of likely N-dealkylation sites (tertiary alicyclic amines) is 1. The van der Waals surface area contributed by atoms with Gasteiger partial charge in [0.1, 0.15) is 22.8 Å². The first-order valence-electron chi connectivity index (χ1n) is 12.7. The van der Waals surface area contributed by atoms with Gasteiger partial charge in [0.2, 0.25) is 5.78 Å². The molecule has 0 bridgehead atoms. The number of phenolic OH excluding ortho intramolecular Hbond substituents is 1. The molecule has 5 rings (SSSR count). The number of nitrogens with one attached hydrogen (secondary N) is 1. The Hall–Kier alpha value is -2.96. The van der Waals surface area contributed by atoms with Crippen molar-refractivity contribution in [3.8, 4) is 5.75 Å². The molecular formula is C27H34ClN3O8. The molecule has 1 heterocycles. The first-order chi connectivity index (χ1) is 17.8. The Labute approximate surface area is 231 Å². The Morgan fingerprint density at radius 3 is 2.38 bits per heavy atom. The normalized spacial score (nSPS) is 32.5. The molecule has 3 aliphatic carbocycles. The van der Waals surface area contributed by atoms with E-state index < -0.39 is 75.0 Å². The third kappa shape index (κ3) is 4.06. The van der Waals surface area contributed by atoms with Crippen molar-refractivity contribution in [3.63, 3.8) is 0 Å². The largest absolute Gasteiger partial charge is 0.510 e. The number of halogens is 1. The molecule has 1 aliphatic heterocycles. The van der Waals surface area contributed by atoms with Crippen LogP contribution < -0.4 is 5.32 Å². The highest BCUT2D eigenvalue weighted by atomic mass is 35.5. The van der Waals surface area contributed by atoms with E-state index in [2.05, 4.69) is 5.32 Å². The molecule has 11 nitrogen and oxygen atoms in total. The van der Waals surface area contributed by atoms with Gasteiger partial charge in [0.05, 0.1) is 23.9 Å². The number of rotatable bonds is 4. The highest BCUT2D eigenvalue weighted by molar-refractivity contribution is 6.25. The molecule has 6 N–H and O–H groups in total. The topological polar surface area (TPSA) is 171 Å². The number of amides is 1. The van der Waals surface area contributed by atoms with Gasteiger partial charge in [-0.2, -0.15) is 0 Å². The van der Waals surface area contributed by atoms with Gasteiger partial charge in [-0.3, -0.25) is 24.2 Å². The van der Waals surface area contributed by atoms with E-state index in [1.54, 1.807) is 14.1 Å². The molecule has 1 aromatic carbocycles. The van der Waals surface area contributed by atoms with Gasteiger partial charge in [0.25, 0.3) is 5.91 Å². The van der Waals surface area contributed by atoms with Crippen molar-refractivity contribution < 1.29 is 39.9 Å². The van der Waals surface area contributed by atoms with Crippen molar-refractivity contribution in [2.75, 3.05) is 33.9 Å². The van der Waals surface area contributed by atoms with Crippen LogP contribution in [0.1, 0.15) is 42.1 Å². The summed E-state index contributed by atoms with van der Waals surface area (Å²) < 4.78 is 0. The monoisotopic (exact) mass is 563 g/mol. The van der Waals surface area contributed by atoms with Crippen LogP contribution in [0.2, 0.25) is 0 Å². The lowest BCUT2D eigenvalue weighted by molar-refractivity contribution is -0.152. The van der Waals surface area contributed by atoms with Gasteiger partial charge in [0, 0.05) is 17.4 Å². The van der Waals surface area contributed by atoms with Crippen LogP contribution in [0.5, 0.6) is 5.75 Å². The van der Waals surface area contributed by atoms with Gasteiger partial charge in [0.15, 0.2) is 11.4 Å². The lowest BCUT2D eigenvalue weighted by Gasteiger charge is -2.52. The number of fused-ring (bicyclic) bond motifs is 3. The van der Waals surface area contributed by atoms with Crippen LogP contribution >= 0.6 is 12.4 Å². The molecule has 1 aromatic rings. The zero-order valence-electron chi connectivity index (χ0n) is 22.0. The summed E-state index contributed by atoms with van der Waals surface area (Å²) in [5.74, 6) is -7.17. The molecule has 1 amide bonds. The van der Waals surface area contributed by atoms with E-state index in [9.17, 15) is 39.9 Å². The number of aliphatic hydroxyl groups is 4. The van der Waals surface area contributed by atoms with Gasteiger partial charge in [-0.25, -0.2) is 0 Å². The molecule has 12 heteroatoms. The molecule has 1 saturated heterocycles. The molecule has 5 atom stereocenters. The number of aliphatic hydroxyl groups excluding tert-OH is 2. The van der Waals surface area contributed by atoms with Crippen LogP contribution in [-0.2, 0) is 15.2 Å². The fraction of sp³-hybridized carbons (Fsp3) is 0.519. The molecule has 0 radical (unpaired) electrons. The summed E-state index contributed by atoms with van der Waals surface area (Å²) >= 11 is 0. The van der Waals surface area contributed by atoms with Crippen molar-refractivity contribution in [1.29, 1.82) is 0 Å². The summed E-state index contributed by atoms with van der Waals surface area (Å²) in [5, 5.41) is 59.2. The number of Topliss-reactive ketones (excluding diaryl/α,β-unsaturated/α-hetero) is 2. The minimum Gasteiger partial charge on any atom is -0.510 e. The summed E-state index contributed by atoms with van der Waals surface area (Å²) in [5.41, 5.74) is -5.65. The fourth-order valence-corrected chi connectivity index (χ4v) is 6.70. The van der Waals surface area contributed by atoms with Crippen molar-refractivity contribution >= 4 is 29.9 Å². The third-order valence-corrected chi connectivity index (χ3v) is 8.66. The number of carbonyl (C=O) groups excluding carboxylic acids is 3. The quantitative estimate of drug-likeness (QED) is 0.289. The Morgan fingerprint density at radius 2 is 1.77 bits per heavy atom.